The summed E-state index contributed by atoms with van der Waals surface area (Å²) in [7, 11) is 1.92. The minimum Gasteiger partial charge on any atom is -0.316 e. The lowest BCUT2D eigenvalue weighted by atomic mass is 10.2. The molecule has 0 saturated carbocycles. The number of hydrogen-bond donors (Lipinski definition) is 1. The van der Waals surface area contributed by atoms with Crippen LogP contribution in [0.15, 0.2) is 17.6 Å². The third kappa shape index (κ3) is 5.14. The highest BCUT2D eigenvalue weighted by Crippen LogP contribution is 2.15. The summed E-state index contributed by atoms with van der Waals surface area (Å²) in [5.74, 6) is 1.85. The molecule has 1 aromatic rings. The van der Waals surface area contributed by atoms with Gasteiger partial charge in [0.05, 0.1) is 0 Å². The quantitative estimate of drug-likeness (QED) is 0.595. The highest BCUT2D eigenvalue weighted by molar-refractivity contribution is 7.99. The SMILES string of the molecule is CNCc1cnc(SCCC(C)C)nc1. The Kier molecular flexibility index (Phi) is 5.65. The van der Waals surface area contributed by atoms with Crippen molar-refractivity contribution >= 4 is 11.8 Å². The standard InChI is InChI=1S/C11H19N3S/c1-9(2)4-5-15-11-13-7-10(6-12-3)8-14-11/h7-9,12H,4-6H2,1-3H3. The Morgan fingerprint density at radius 1 is 1.33 bits per heavy atom. The molecule has 0 atom stereocenters. The van der Waals surface area contributed by atoms with E-state index in [-0.39, 0.29) is 0 Å². The van der Waals surface area contributed by atoms with Gasteiger partial charge in [-0.25, -0.2) is 9.97 Å². The maximum Gasteiger partial charge on any atom is 0.187 e. The summed E-state index contributed by atoms with van der Waals surface area (Å²) in [6.45, 7) is 5.30. The van der Waals surface area contributed by atoms with Crippen LogP contribution in [0.4, 0.5) is 0 Å². The van der Waals surface area contributed by atoms with E-state index in [1.54, 1.807) is 11.8 Å². The van der Waals surface area contributed by atoms with Crippen LogP contribution >= 0.6 is 11.8 Å². The molecule has 1 aromatic heterocycles. The summed E-state index contributed by atoms with van der Waals surface area (Å²) in [6.07, 6.45) is 4.99. The van der Waals surface area contributed by atoms with Gasteiger partial charge in [0, 0.05) is 30.3 Å². The average Bonchev–Trinajstić information content (AvgIpc) is 2.20. The van der Waals surface area contributed by atoms with Crippen LogP contribution in [0.2, 0.25) is 0 Å². The molecular formula is C11H19N3S. The molecule has 1 rings (SSSR count). The van der Waals surface area contributed by atoms with E-state index in [9.17, 15) is 0 Å². The van der Waals surface area contributed by atoms with Crippen molar-refractivity contribution < 1.29 is 0 Å². The Labute approximate surface area is 96.1 Å². The lowest BCUT2D eigenvalue weighted by Crippen LogP contribution is -2.06. The van der Waals surface area contributed by atoms with Crippen molar-refractivity contribution in [2.24, 2.45) is 5.92 Å². The summed E-state index contributed by atoms with van der Waals surface area (Å²) in [5, 5.41) is 3.96. The van der Waals surface area contributed by atoms with Gasteiger partial charge in [0.15, 0.2) is 5.16 Å². The average molecular weight is 225 g/mol. The molecule has 0 bridgehead atoms. The predicted octanol–water partition coefficient (Wildman–Crippen LogP) is 2.33. The first-order valence-electron chi connectivity index (χ1n) is 5.30. The second-order valence-electron chi connectivity index (χ2n) is 3.94. The Morgan fingerprint density at radius 3 is 2.53 bits per heavy atom. The van der Waals surface area contributed by atoms with E-state index >= 15 is 0 Å². The molecule has 1 heterocycles. The Morgan fingerprint density at radius 2 is 2.00 bits per heavy atom. The Bertz CT molecular complexity index is 272. The molecule has 0 aliphatic carbocycles. The molecule has 0 radical (unpaired) electrons. The fourth-order valence-corrected chi connectivity index (χ4v) is 2.13. The third-order valence-electron chi connectivity index (χ3n) is 1.99. The number of rotatable bonds is 6. The molecule has 84 valence electrons. The van der Waals surface area contributed by atoms with Crippen LogP contribution in [-0.4, -0.2) is 22.8 Å². The largest absolute Gasteiger partial charge is 0.316 e. The summed E-state index contributed by atoms with van der Waals surface area (Å²) in [4.78, 5) is 8.61. The topological polar surface area (TPSA) is 37.8 Å². The van der Waals surface area contributed by atoms with E-state index in [1.165, 1.54) is 6.42 Å². The van der Waals surface area contributed by atoms with E-state index in [2.05, 4.69) is 29.1 Å². The molecule has 0 saturated heterocycles. The summed E-state index contributed by atoms with van der Waals surface area (Å²) >= 11 is 1.73. The highest BCUT2D eigenvalue weighted by Gasteiger charge is 1.99. The smallest absolute Gasteiger partial charge is 0.187 e. The molecule has 0 aromatic carbocycles. The molecule has 1 N–H and O–H groups in total. The molecule has 4 heteroatoms. The fourth-order valence-electron chi connectivity index (χ4n) is 1.10. The molecule has 0 spiro atoms. The van der Waals surface area contributed by atoms with Gasteiger partial charge in [-0.3, -0.25) is 0 Å². The van der Waals surface area contributed by atoms with Crippen LogP contribution in [0.25, 0.3) is 0 Å². The first-order chi connectivity index (χ1) is 7.22. The van der Waals surface area contributed by atoms with Gasteiger partial charge in [-0.2, -0.15) is 0 Å². The van der Waals surface area contributed by atoms with Crippen LogP contribution in [0, 0.1) is 5.92 Å². The lowest BCUT2D eigenvalue weighted by molar-refractivity contribution is 0.631. The van der Waals surface area contributed by atoms with E-state index in [0.29, 0.717) is 0 Å². The van der Waals surface area contributed by atoms with E-state index in [4.69, 9.17) is 0 Å². The number of aromatic nitrogens is 2. The lowest BCUT2D eigenvalue weighted by Gasteiger charge is -2.03. The number of thioether (sulfide) groups is 1. The predicted molar refractivity (Wildman–Crippen MR) is 65.0 cm³/mol. The van der Waals surface area contributed by atoms with Gasteiger partial charge < -0.3 is 5.32 Å². The van der Waals surface area contributed by atoms with Crippen molar-refractivity contribution in [2.75, 3.05) is 12.8 Å². The van der Waals surface area contributed by atoms with Crippen molar-refractivity contribution in [3.8, 4) is 0 Å². The first kappa shape index (κ1) is 12.5. The van der Waals surface area contributed by atoms with Crippen molar-refractivity contribution in [1.29, 1.82) is 0 Å². The summed E-state index contributed by atoms with van der Waals surface area (Å²) in [6, 6.07) is 0. The molecule has 0 unspecified atom stereocenters. The van der Waals surface area contributed by atoms with Gasteiger partial charge in [0.25, 0.3) is 0 Å². The minimum atomic E-state index is 0.751. The van der Waals surface area contributed by atoms with Crippen molar-refractivity contribution in [2.45, 2.75) is 32.0 Å². The van der Waals surface area contributed by atoms with E-state index < -0.39 is 0 Å². The molecule has 0 aliphatic rings. The molecule has 0 aliphatic heterocycles. The van der Waals surface area contributed by atoms with Gasteiger partial charge >= 0.3 is 0 Å². The summed E-state index contributed by atoms with van der Waals surface area (Å²) < 4.78 is 0. The van der Waals surface area contributed by atoms with Crippen LogP contribution in [0.5, 0.6) is 0 Å². The Balaban J connectivity index is 2.36. The normalized spacial score (nSPS) is 10.9. The second kappa shape index (κ2) is 6.80. The van der Waals surface area contributed by atoms with Gasteiger partial charge in [0.2, 0.25) is 0 Å². The second-order valence-corrected chi connectivity index (χ2v) is 5.00. The molecule has 0 fully saturated rings. The summed E-state index contributed by atoms with van der Waals surface area (Å²) in [5.41, 5.74) is 1.13. The fraction of sp³-hybridized carbons (Fsp3) is 0.636. The van der Waals surface area contributed by atoms with E-state index in [1.807, 2.05) is 19.4 Å². The highest BCUT2D eigenvalue weighted by atomic mass is 32.2. The zero-order valence-electron chi connectivity index (χ0n) is 9.66. The van der Waals surface area contributed by atoms with Crippen molar-refractivity contribution in [3.05, 3.63) is 18.0 Å². The first-order valence-corrected chi connectivity index (χ1v) is 6.29. The van der Waals surface area contributed by atoms with Gasteiger partial charge in [-0.1, -0.05) is 25.6 Å². The van der Waals surface area contributed by atoms with Crippen LogP contribution in [0.3, 0.4) is 0 Å². The van der Waals surface area contributed by atoms with Crippen molar-refractivity contribution in [1.82, 2.24) is 15.3 Å². The minimum absolute atomic E-state index is 0.751. The van der Waals surface area contributed by atoms with Gasteiger partial charge in [-0.05, 0) is 19.4 Å². The number of nitrogens with zero attached hydrogens (tertiary/aromatic N) is 2. The van der Waals surface area contributed by atoms with Gasteiger partial charge in [0.1, 0.15) is 0 Å². The number of nitrogens with one attached hydrogen (secondary N) is 1. The molecule has 0 amide bonds. The van der Waals surface area contributed by atoms with Crippen LogP contribution in [-0.2, 0) is 6.54 Å². The third-order valence-corrected chi connectivity index (χ3v) is 2.90. The monoisotopic (exact) mass is 225 g/mol. The maximum atomic E-state index is 4.31. The number of hydrogen-bond acceptors (Lipinski definition) is 4. The van der Waals surface area contributed by atoms with E-state index in [0.717, 1.165) is 28.9 Å². The van der Waals surface area contributed by atoms with Gasteiger partial charge in [-0.15, -0.1) is 0 Å². The molecule has 3 nitrogen and oxygen atoms in total. The van der Waals surface area contributed by atoms with Crippen molar-refractivity contribution in [3.63, 3.8) is 0 Å². The van der Waals surface area contributed by atoms with Crippen LogP contribution in [0.1, 0.15) is 25.8 Å². The molecule has 15 heavy (non-hydrogen) atoms. The Hall–Kier alpha value is -0.610. The van der Waals surface area contributed by atoms with Crippen LogP contribution < -0.4 is 5.32 Å². The molecular weight excluding hydrogens is 206 g/mol. The maximum absolute atomic E-state index is 4.31. The zero-order chi connectivity index (χ0) is 11.1. The zero-order valence-corrected chi connectivity index (χ0v) is 10.5.